The van der Waals surface area contributed by atoms with E-state index in [1.54, 1.807) is 6.08 Å². The summed E-state index contributed by atoms with van der Waals surface area (Å²) < 4.78 is 11.3. The van der Waals surface area contributed by atoms with E-state index < -0.39 is 97.8 Å². The summed E-state index contributed by atoms with van der Waals surface area (Å²) >= 11 is 0. The highest BCUT2D eigenvalue weighted by molar-refractivity contribution is 5.24. The summed E-state index contributed by atoms with van der Waals surface area (Å²) in [5, 5.41) is 105. The molecular weight excluding hydrogens is 468 g/mol. The van der Waals surface area contributed by atoms with Crippen LogP contribution in [0, 0.1) is 11.8 Å². The number of aliphatic hydroxyl groups is 10. The highest BCUT2D eigenvalue weighted by Gasteiger charge is 2.62. The Labute approximate surface area is 202 Å². The molecule has 10 N–H and O–H groups in total. The second kappa shape index (κ2) is 10.2. The minimum absolute atomic E-state index is 0.0528. The van der Waals surface area contributed by atoms with Gasteiger partial charge in [0, 0.05) is 12.3 Å². The van der Waals surface area contributed by atoms with Crippen LogP contribution in [-0.4, -0.2) is 137 Å². The van der Waals surface area contributed by atoms with Crippen LogP contribution in [0.5, 0.6) is 0 Å². The number of hydrogen-bond donors (Lipinski definition) is 10. The average molecular weight is 507 g/mol. The lowest BCUT2D eigenvalue weighted by molar-refractivity contribution is -0.302. The summed E-state index contributed by atoms with van der Waals surface area (Å²) in [5.74, 6) is -0.709. The Morgan fingerprint density at radius 3 is 1.69 bits per heavy atom. The lowest BCUT2D eigenvalue weighted by atomic mass is 9.62. The van der Waals surface area contributed by atoms with E-state index in [2.05, 4.69) is 0 Å². The van der Waals surface area contributed by atoms with E-state index in [1.807, 2.05) is 0 Å². The van der Waals surface area contributed by atoms with Crippen LogP contribution in [0.4, 0.5) is 0 Å². The Morgan fingerprint density at radius 1 is 0.686 bits per heavy atom. The van der Waals surface area contributed by atoms with Gasteiger partial charge in [-0.05, 0) is 18.8 Å². The number of rotatable bonds is 5. The molecule has 202 valence electrons. The molecule has 0 aromatic rings. The van der Waals surface area contributed by atoms with E-state index in [0.29, 0.717) is 0 Å². The molecule has 3 fully saturated rings. The van der Waals surface area contributed by atoms with Gasteiger partial charge in [0.1, 0.15) is 72.2 Å². The number of aliphatic hydroxyl groups excluding tert-OH is 8. The van der Waals surface area contributed by atoms with Gasteiger partial charge in [-0.3, -0.25) is 0 Å². The first kappa shape index (κ1) is 27.3. The first-order valence-electron chi connectivity index (χ1n) is 12.2. The molecule has 2 aliphatic heterocycles. The Kier molecular flexibility index (Phi) is 7.95. The predicted molar refractivity (Wildman–Crippen MR) is 117 cm³/mol. The van der Waals surface area contributed by atoms with Crippen molar-refractivity contribution in [3.8, 4) is 0 Å². The smallest absolute Gasteiger partial charge is 0.119 e. The third-order valence-electron chi connectivity index (χ3n) is 8.41. The molecule has 5 unspecified atom stereocenters. The largest absolute Gasteiger partial charge is 0.394 e. The minimum atomic E-state index is -2.14. The molecule has 2 heterocycles. The molecule has 4 aliphatic rings. The molecule has 12 nitrogen and oxygen atoms in total. The lowest BCUT2D eigenvalue weighted by Gasteiger charge is -2.56. The number of hydrogen-bond acceptors (Lipinski definition) is 12. The summed E-state index contributed by atoms with van der Waals surface area (Å²) in [6.45, 7) is -1.40. The first-order chi connectivity index (χ1) is 16.5. The van der Waals surface area contributed by atoms with Crippen LogP contribution in [0.15, 0.2) is 12.2 Å². The zero-order valence-electron chi connectivity index (χ0n) is 19.3. The molecule has 4 rings (SSSR count). The zero-order chi connectivity index (χ0) is 25.7. The first-order valence-corrected chi connectivity index (χ1v) is 12.2. The summed E-state index contributed by atoms with van der Waals surface area (Å²) in [7, 11) is 0. The van der Waals surface area contributed by atoms with Crippen molar-refractivity contribution in [1.29, 1.82) is 0 Å². The van der Waals surface area contributed by atoms with Crippen LogP contribution in [-0.2, 0) is 9.47 Å². The van der Waals surface area contributed by atoms with Crippen LogP contribution in [0.25, 0.3) is 0 Å². The Hall–Kier alpha value is -0.740. The van der Waals surface area contributed by atoms with Crippen LogP contribution < -0.4 is 0 Å². The maximum Gasteiger partial charge on any atom is 0.119 e. The highest BCUT2D eigenvalue weighted by atomic mass is 16.6. The van der Waals surface area contributed by atoms with E-state index in [-0.39, 0.29) is 5.92 Å². The predicted octanol–water partition coefficient (Wildman–Crippen LogP) is -4.10. The van der Waals surface area contributed by atoms with Crippen molar-refractivity contribution < 1.29 is 60.5 Å². The average Bonchev–Trinajstić information content (AvgIpc) is 3.35. The van der Waals surface area contributed by atoms with Gasteiger partial charge in [0.15, 0.2) is 0 Å². The highest BCUT2D eigenvalue weighted by Crippen LogP contribution is 2.50. The lowest BCUT2D eigenvalue weighted by Crippen LogP contribution is -2.72. The molecule has 0 bridgehead atoms. The third kappa shape index (κ3) is 4.58. The van der Waals surface area contributed by atoms with Crippen LogP contribution in [0.3, 0.4) is 0 Å². The maximum atomic E-state index is 12.1. The molecular formula is C23H38O12. The van der Waals surface area contributed by atoms with Crippen molar-refractivity contribution in [3.05, 3.63) is 12.2 Å². The molecule has 2 aliphatic carbocycles. The van der Waals surface area contributed by atoms with Gasteiger partial charge in [-0.15, -0.1) is 0 Å². The molecule has 0 spiro atoms. The standard InChI is InChI=1S/C23H38O12/c24-7-12-14(26)16(28)18(30)20(34-12)22(32)6-5-11(10-3-1-2-4-10)23(33,9-22)21-19(31)17(29)15(27)13(8-25)35-21/h5-6,10-21,24-33H,1-4,7-9H2/t11?,12-,13-,14-,15-,16+,17+,18-,19-,20?,21?,22?,23?/m1/s1. The topological polar surface area (TPSA) is 221 Å². The van der Waals surface area contributed by atoms with Crippen LogP contribution in [0.2, 0.25) is 0 Å². The minimum Gasteiger partial charge on any atom is -0.394 e. The summed E-state index contributed by atoms with van der Waals surface area (Å²) in [6, 6.07) is 0. The quantitative estimate of drug-likeness (QED) is 0.161. The Bertz CT molecular complexity index is 757. The molecule has 0 aromatic carbocycles. The van der Waals surface area contributed by atoms with Crippen molar-refractivity contribution >= 4 is 0 Å². The molecule has 12 heteroatoms. The van der Waals surface area contributed by atoms with Crippen molar-refractivity contribution in [2.24, 2.45) is 11.8 Å². The fourth-order valence-electron chi connectivity index (χ4n) is 6.46. The maximum absolute atomic E-state index is 12.1. The Morgan fingerprint density at radius 2 is 1.17 bits per heavy atom. The molecule has 0 radical (unpaired) electrons. The molecule has 13 atom stereocenters. The SMILES string of the molecule is OC[C@H]1OC(C2(O)C=CC(C3CCCC3)C(O)(C3O[C@H](CO)[C@@H](O)[C@H](O)[C@H]3O)C2)[C@H](O)[C@@H](O)[C@@H]1O. The molecule has 2 saturated heterocycles. The monoisotopic (exact) mass is 506 g/mol. The van der Waals surface area contributed by atoms with Crippen molar-refractivity contribution in [3.63, 3.8) is 0 Å². The fourth-order valence-corrected chi connectivity index (χ4v) is 6.46. The molecule has 1 saturated carbocycles. The third-order valence-corrected chi connectivity index (χ3v) is 8.41. The van der Waals surface area contributed by atoms with Crippen molar-refractivity contribution in [2.75, 3.05) is 13.2 Å². The summed E-state index contributed by atoms with van der Waals surface area (Å²) in [5.41, 5.74) is -4.19. The van der Waals surface area contributed by atoms with Gasteiger partial charge >= 0.3 is 0 Å². The second-order valence-corrected chi connectivity index (χ2v) is 10.6. The van der Waals surface area contributed by atoms with Gasteiger partial charge in [-0.2, -0.15) is 0 Å². The van der Waals surface area contributed by atoms with E-state index in [4.69, 9.17) is 9.47 Å². The van der Waals surface area contributed by atoms with Crippen molar-refractivity contribution in [1.82, 2.24) is 0 Å². The van der Waals surface area contributed by atoms with Crippen molar-refractivity contribution in [2.45, 2.75) is 104 Å². The van der Waals surface area contributed by atoms with Gasteiger partial charge in [0.05, 0.1) is 13.2 Å². The second-order valence-electron chi connectivity index (χ2n) is 10.6. The summed E-state index contributed by atoms with van der Waals surface area (Å²) in [4.78, 5) is 0. The van der Waals surface area contributed by atoms with Gasteiger partial charge < -0.3 is 60.5 Å². The van der Waals surface area contributed by atoms with Gasteiger partial charge in [-0.1, -0.05) is 25.0 Å². The van der Waals surface area contributed by atoms with E-state index in [0.717, 1.165) is 25.7 Å². The van der Waals surface area contributed by atoms with Gasteiger partial charge in [-0.25, -0.2) is 0 Å². The summed E-state index contributed by atoms with van der Waals surface area (Å²) in [6.07, 6.45) is -10.3. The molecule has 0 amide bonds. The van der Waals surface area contributed by atoms with E-state index >= 15 is 0 Å². The normalized spacial score (nSPS) is 53.7. The van der Waals surface area contributed by atoms with Crippen LogP contribution in [0.1, 0.15) is 32.1 Å². The number of ether oxygens (including phenoxy) is 2. The molecule has 0 aromatic heterocycles. The Balaban J connectivity index is 1.72. The zero-order valence-corrected chi connectivity index (χ0v) is 19.3. The van der Waals surface area contributed by atoms with Crippen LogP contribution >= 0.6 is 0 Å². The van der Waals surface area contributed by atoms with E-state index in [9.17, 15) is 51.1 Å². The van der Waals surface area contributed by atoms with E-state index in [1.165, 1.54) is 6.08 Å². The van der Waals surface area contributed by atoms with Gasteiger partial charge in [0.2, 0.25) is 0 Å². The van der Waals surface area contributed by atoms with Gasteiger partial charge in [0.25, 0.3) is 0 Å². The fraction of sp³-hybridized carbons (Fsp3) is 0.913. The molecule has 35 heavy (non-hydrogen) atoms.